The molecule has 0 aliphatic carbocycles. The molecular weight excluding hydrogens is 340 g/mol. The average molecular weight is 368 g/mol. The van der Waals surface area contributed by atoms with E-state index in [9.17, 15) is 4.79 Å². The molecule has 0 unspecified atom stereocenters. The van der Waals surface area contributed by atoms with Crippen molar-refractivity contribution in [1.82, 2.24) is 14.7 Å². The van der Waals surface area contributed by atoms with Gasteiger partial charge >= 0.3 is 0 Å². The number of anilines is 1. The van der Waals surface area contributed by atoms with Gasteiger partial charge in [-0.1, -0.05) is 6.07 Å². The summed E-state index contributed by atoms with van der Waals surface area (Å²) in [6.07, 6.45) is 2.32. The molecule has 2 heterocycles. The molecule has 1 aromatic heterocycles. The fourth-order valence-electron chi connectivity index (χ4n) is 3.83. The number of rotatable bonds is 4. The first-order valence-electron chi connectivity index (χ1n) is 9.15. The number of benzene rings is 1. The molecule has 0 radical (unpaired) electrons. The second-order valence-corrected chi connectivity index (χ2v) is 7.45. The lowest BCUT2D eigenvalue weighted by Gasteiger charge is -2.24. The van der Waals surface area contributed by atoms with E-state index < -0.39 is 0 Å². The van der Waals surface area contributed by atoms with E-state index in [0.717, 1.165) is 16.9 Å². The minimum Gasteiger partial charge on any atom is -0.370 e. The topological polar surface area (TPSA) is 88.5 Å². The summed E-state index contributed by atoms with van der Waals surface area (Å²) in [5.74, 6) is 0.568. The van der Waals surface area contributed by atoms with Gasteiger partial charge in [0.2, 0.25) is 5.91 Å². The number of amides is 1. The summed E-state index contributed by atoms with van der Waals surface area (Å²) in [5, 5.41) is 7.48. The first-order valence-corrected chi connectivity index (χ1v) is 9.15. The fourth-order valence-corrected chi connectivity index (χ4v) is 3.83. The van der Waals surface area contributed by atoms with Gasteiger partial charge in [0.05, 0.1) is 12.2 Å². The van der Waals surface area contributed by atoms with Crippen LogP contribution in [-0.4, -0.2) is 40.1 Å². The maximum atomic E-state index is 12.3. The molecular formula is C20H28N6O. The second-order valence-electron chi connectivity index (χ2n) is 7.45. The van der Waals surface area contributed by atoms with Crippen LogP contribution in [-0.2, 0) is 11.8 Å². The van der Waals surface area contributed by atoms with Crippen LogP contribution in [0.3, 0.4) is 0 Å². The quantitative estimate of drug-likeness (QED) is 0.640. The van der Waals surface area contributed by atoms with Crippen LogP contribution in [0.25, 0.3) is 0 Å². The van der Waals surface area contributed by atoms with Crippen LogP contribution in [0, 0.1) is 26.7 Å². The van der Waals surface area contributed by atoms with E-state index in [4.69, 9.17) is 5.73 Å². The third-order valence-corrected chi connectivity index (χ3v) is 5.28. The molecule has 27 heavy (non-hydrogen) atoms. The van der Waals surface area contributed by atoms with Crippen molar-refractivity contribution in [3.8, 4) is 0 Å². The van der Waals surface area contributed by atoms with E-state index in [0.29, 0.717) is 18.9 Å². The van der Waals surface area contributed by atoms with E-state index in [2.05, 4.69) is 21.5 Å². The largest absolute Gasteiger partial charge is 0.370 e. The molecule has 1 amide bonds. The highest BCUT2D eigenvalue weighted by Crippen LogP contribution is 2.38. The maximum absolute atomic E-state index is 12.3. The number of hydrogen-bond acceptors (Lipinski definition) is 3. The lowest BCUT2D eigenvalue weighted by Crippen LogP contribution is -2.27. The molecule has 1 fully saturated rings. The minimum atomic E-state index is -0.0241. The fraction of sp³-hybridized carbons (Fsp3) is 0.450. The predicted octanol–water partition coefficient (Wildman–Crippen LogP) is 2.29. The average Bonchev–Trinajstić information content (AvgIpc) is 3.05. The Hall–Kier alpha value is -2.83. The van der Waals surface area contributed by atoms with E-state index >= 15 is 0 Å². The number of nitrogens with one attached hydrogen (secondary N) is 1. The third-order valence-electron chi connectivity index (χ3n) is 5.28. The SMILES string of the molecule is Cc1cc(C)cc(NC(N)=NC[C@@H]2CC(=O)N(C)[C@H]2c2cnn(C)c2C)c1. The first-order chi connectivity index (χ1) is 12.8. The summed E-state index contributed by atoms with van der Waals surface area (Å²) in [7, 11) is 3.76. The Kier molecular flexibility index (Phi) is 5.21. The van der Waals surface area contributed by atoms with Crippen molar-refractivity contribution >= 4 is 17.6 Å². The highest BCUT2D eigenvalue weighted by Gasteiger charge is 2.39. The van der Waals surface area contributed by atoms with Crippen molar-refractivity contribution < 1.29 is 4.79 Å². The van der Waals surface area contributed by atoms with Crippen LogP contribution in [0.5, 0.6) is 0 Å². The molecule has 7 heteroatoms. The van der Waals surface area contributed by atoms with Crippen LogP contribution in [0.4, 0.5) is 5.69 Å². The Bertz CT molecular complexity index is 864. The Morgan fingerprint density at radius 1 is 1.26 bits per heavy atom. The number of carbonyl (C=O) groups is 1. The number of aryl methyl sites for hydroxylation is 3. The zero-order valence-corrected chi connectivity index (χ0v) is 16.7. The van der Waals surface area contributed by atoms with E-state index in [1.807, 2.05) is 57.9 Å². The van der Waals surface area contributed by atoms with Gasteiger partial charge in [0, 0.05) is 49.9 Å². The van der Waals surface area contributed by atoms with Crippen LogP contribution in [0.1, 0.15) is 34.8 Å². The highest BCUT2D eigenvalue weighted by atomic mass is 16.2. The normalized spacial score (nSPS) is 20.4. The third kappa shape index (κ3) is 3.97. The summed E-state index contributed by atoms with van der Waals surface area (Å²) in [4.78, 5) is 18.6. The van der Waals surface area contributed by atoms with Crippen molar-refractivity contribution in [2.45, 2.75) is 33.2 Å². The van der Waals surface area contributed by atoms with Gasteiger partial charge in [-0.15, -0.1) is 0 Å². The van der Waals surface area contributed by atoms with Crippen molar-refractivity contribution in [3.63, 3.8) is 0 Å². The predicted molar refractivity (Wildman–Crippen MR) is 108 cm³/mol. The number of carbonyl (C=O) groups excluding carboxylic acids is 1. The molecule has 0 saturated carbocycles. The maximum Gasteiger partial charge on any atom is 0.223 e. The molecule has 1 saturated heterocycles. The molecule has 1 aliphatic rings. The number of aromatic nitrogens is 2. The van der Waals surface area contributed by atoms with Gasteiger partial charge in [-0.2, -0.15) is 5.10 Å². The van der Waals surface area contributed by atoms with E-state index in [1.165, 1.54) is 11.1 Å². The summed E-state index contributed by atoms with van der Waals surface area (Å²) >= 11 is 0. The molecule has 2 aromatic rings. The van der Waals surface area contributed by atoms with Crippen molar-refractivity contribution in [2.75, 3.05) is 18.9 Å². The molecule has 0 spiro atoms. The summed E-state index contributed by atoms with van der Waals surface area (Å²) < 4.78 is 1.84. The summed E-state index contributed by atoms with van der Waals surface area (Å²) in [6.45, 7) is 6.60. The van der Waals surface area contributed by atoms with Crippen LogP contribution < -0.4 is 11.1 Å². The number of likely N-dealkylation sites (tertiary alicyclic amines) is 1. The molecule has 0 bridgehead atoms. The number of nitrogens with zero attached hydrogens (tertiary/aromatic N) is 4. The van der Waals surface area contributed by atoms with Gasteiger partial charge in [0.1, 0.15) is 0 Å². The Labute approximate surface area is 160 Å². The van der Waals surface area contributed by atoms with Crippen LogP contribution >= 0.6 is 0 Å². The lowest BCUT2D eigenvalue weighted by molar-refractivity contribution is -0.127. The highest BCUT2D eigenvalue weighted by molar-refractivity contribution is 5.92. The van der Waals surface area contributed by atoms with Gasteiger partial charge < -0.3 is 16.0 Å². The standard InChI is InChI=1S/C20H28N6O/c1-12-6-13(2)8-16(7-12)24-20(21)22-10-15-9-18(27)25(4)19(15)17-11-23-26(5)14(17)3/h6-8,11,15,19H,9-10H2,1-5H3,(H3,21,22,24)/t15-,19+/m0/s1. The zero-order valence-electron chi connectivity index (χ0n) is 16.7. The van der Waals surface area contributed by atoms with Crippen molar-refractivity contribution in [2.24, 2.45) is 23.7 Å². The van der Waals surface area contributed by atoms with Crippen LogP contribution in [0.15, 0.2) is 29.4 Å². The van der Waals surface area contributed by atoms with Gasteiger partial charge in [0.25, 0.3) is 0 Å². The Morgan fingerprint density at radius 2 is 1.93 bits per heavy atom. The minimum absolute atomic E-state index is 0.0241. The first kappa shape index (κ1) is 18.9. The Morgan fingerprint density at radius 3 is 2.52 bits per heavy atom. The second kappa shape index (κ2) is 7.42. The summed E-state index contributed by atoms with van der Waals surface area (Å²) in [5.41, 5.74) is 11.5. The Balaban J connectivity index is 1.75. The number of aliphatic imine (C=N–C) groups is 1. The molecule has 2 atom stereocenters. The molecule has 3 rings (SSSR count). The van der Waals surface area contributed by atoms with Gasteiger partial charge in [0.15, 0.2) is 5.96 Å². The van der Waals surface area contributed by atoms with Crippen molar-refractivity contribution in [3.05, 3.63) is 46.8 Å². The van der Waals surface area contributed by atoms with Gasteiger partial charge in [-0.25, -0.2) is 0 Å². The molecule has 1 aliphatic heterocycles. The number of guanidine groups is 1. The number of nitrogens with two attached hydrogens (primary N) is 1. The van der Waals surface area contributed by atoms with E-state index in [-0.39, 0.29) is 17.9 Å². The van der Waals surface area contributed by atoms with Gasteiger partial charge in [-0.3, -0.25) is 14.5 Å². The van der Waals surface area contributed by atoms with Crippen LogP contribution in [0.2, 0.25) is 0 Å². The molecule has 3 N–H and O–H groups in total. The summed E-state index contributed by atoms with van der Waals surface area (Å²) in [6, 6.07) is 6.15. The molecule has 7 nitrogen and oxygen atoms in total. The zero-order chi connectivity index (χ0) is 19.7. The van der Waals surface area contributed by atoms with Crippen molar-refractivity contribution in [1.29, 1.82) is 0 Å². The smallest absolute Gasteiger partial charge is 0.223 e. The lowest BCUT2D eigenvalue weighted by atomic mass is 9.94. The van der Waals surface area contributed by atoms with E-state index in [1.54, 1.807) is 4.90 Å². The molecule has 144 valence electrons. The molecule has 1 aromatic carbocycles. The van der Waals surface area contributed by atoms with Gasteiger partial charge in [-0.05, 0) is 44.0 Å². The number of hydrogen-bond donors (Lipinski definition) is 2. The monoisotopic (exact) mass is 368 g/mol.